The molecule has 0 bridgehead atoms. The smallest absolute Gasteiger partial charge is 0.137 e. The Bertz CT molecular complexity index is 495. The highest BCUT2D eigenvalue weighted by molar-refractivity contribution is 5.79. The van der Waals surface area contributed by atoms with Crippen molar-refractivity contribution in [3.8, 4) is 6.07 Å². The van der Waals surface area contributed by atoms with E-state index in [1.807, 2.05) is 18.3 Å². The minimum atomic E-state index is -0.149. The van der Waals surface area contributed by atoms with Crippen LogP contribution in [0.15, 0.2) is 24.5 Å². The van der Waals surface area contributed by atoms with Crippen LogP contribution in [-0.2, 0) is 6.42 Å². The third kappa shape index (κ3) is 1.83. The molecule has 4 nitrogen and oxygen atoms in total. The highest BCUT2D eigenvalue weighted by atomic mass is 14.9. The predicted octanol–water partition coefficient (Wildman–Crippen LogP) is 1.22. The fourth-order valence-electron chi connectivity index (χ4n) is 1.61. The Balaban J connectivity index is 2.33. The van der Waals surface area contributed by atoms with Crippen molar-refractivity contribution < 1.29 is 0 Å². The van der Waals surface area contributed by atoms with Crippen molar-refractivity contribution in [1.82, 2.24) is 15.3 Å². The molecule has 0 aliphatic carbocycles. The second kappa shape index (κ2) is 4.11. The van der Waals surface area contributed by atoms with E-state index in [4.69, 9.17) is 5.26 Å². The number of nitrogens with zero attached hydrogens (tertiary/aromatic N) is 2. The molecule has 1 atom stereocenters. The molecule has 0 spiro atoms. The first-order valence-electron chi connectivity index (χ1n) is 4.83. The van der Waals surface area contributed by atoms with Crippen LogP contribution in [0.3, 0.4) is 0 Å². The largest absolute Gasteiger partial charge is 0.346 e. The number of nitrogens with one attached hydrogen (secondary N) is 2. The van der Waals surface area contributed by atoms with Gasteiger partial charge in [0.2, 0.25) is 0 Å². The molecule has 0 radical (unpaired) electrons. The zero-order valence-corrected chi connectivity index (χ0v) is 8.49. The van der Waals surface area contributed by atoms with Gasteiger partial charge in [0, 0.05) is 24.2 Å². The molecule has 0 fully saturated rings. The molecule has 0 aliphatic heterocycles. The quantitative estimate of drug-likeness (QED) is 0.782. The Morgan fingerprint density at radius 3 is 3.27 bits per heavy atom. The van der Waals surface area contributed by atoms with Gasteiger partial charge in [-0.25, -0.2) is 4.98 Å². The molecule has 2 N–H and O–H groups in total. The van der Waals surface area contributed by atoms with Crippen LogP contribution in [0.5, 0.6) is 0 Å². The molecule has 1 unspecified atom stereocenters. The maximum Gasteiger partial charge on any atom is 0.137 e. The lowest BCUT2D eigenvalue weighted by atomic mass is 10.1. The Morgan fingerprint density at radius 2 is 2.53 bits per heavy atom. The highest BCUT2D eigenvalue weighted by Gasteiger charge is 2.09. The first-order valence-corrected chi connectivity index (χ1v) is 4.83. The second-order valence-corrected chi connectivity index (χ2v) is 3.39. The topological polar surface area (TPSA) is 64.5 Å². The average Bonchev–Trinajstić information content (AvgIpc) is 2.69. The van der Waals surface area contributed by atoms with E-state index in [0.29, 0.717) is 6.42 Å². The number of likely N-dealkylation sites (N-methyl/N-ethyl adjacent to an activating group) is 1. The molecule has 2 heterocycles. The molecule has 76 valence electrons. The third-order valence-electron chi connectivity index (χ3n) is 2.47. The molecule has 0 saturated heterocycles. The van der Waals surface area contributed by atoms with E-state index in [-0.39, 0.29) is 6.04 Å². The van der Waals surface area contributed by atoms with Crippen molar-refractivity contribution in [1.29, 1.82) is 5.26 Å². The average molecular weight is 200 g/mol. The second-order valence-electron chi connectivity index (χ2n) is 3.39. The van der Waals surface area contributed by atoms with Gasteiger partial charge in [0.15, 0.2) is 0 Å². The van der Waals surface area contributed by atoms with Gasteiger partial charge < -0.3 is 10.3 Å². The highest BCUT2D eigenvalue weighted by Crippen LogP contribution is 2.16. The first kappa shape index (κ1) is 9.69. The summed E-state index contributed by atoms with van der Waals surface area (Å²) in [4.78, 5) is 7.30. The molecule has 0 aromatic carbocycles. The molecule has 2 aromatic heterocycles. The van der Waals surface area contributed by atoms with Crippen LogP contribution in [0.1, 0.15) is 5.56 Å². The lowest BCUT2D eigenvalue weighted by Gasteiger charge is -2.05. The van der Waals surface area contributed by atoms with Crippen LogP contribution in [0.4, 0.5) is 0 Å². The van der Waals surface area contributed by atoms with Gasteiger partial charge in [-0.1, -0.05) is 0 Å². The number of fused-ring (bicyclic) bond motifs is 1. The lowest BCUT2D eigenvalue weighted by molar-refractivity contribution is 0.678. The molecule has 0 amide bonds. The zero-order chi connectivity index (χ0) is 10.7. The molecule has 0 aliphatic rings. The van der Waals surface area contributed by atoms with Crippen molar-refractivity contribution in [2.75, 3.05) is 7.05 Å². The summed E-state index contributed by atoms with van der Waals surface area (Å²) in [6.07, 6.45) is 4.36. The number of aromatic nitrogens is 2. The van der Waals surface area contributed by atoms with Gasteiger partial charge >= 0.3 is 0 Å². The first-order chi connectivity index (χ1) is 7.35. The summed E-state index contributed by atoms with van der Waals surface area (Å²) in [6.45, 7) is 0. The van der Waals surface area contributed by atoms with Crippen molar-refractivity contribution >= 4 is 11.0 Å². The van der Waals surface area contributed by atoms with Crippen LogP contribution in [0, 0.1) is 11.3 Å². The summed E-state index contributed by atoms with van der Waals surface area (Å²) in [7, 11) is 1.79. The van der Waals surface area contributed by atoms with Gasteiger partial charge in [-0.3, -0.25) is 0 Å². The molecule has 0 saturated carbocycles. The lowest BCUT2D eigenvalue weighted by Crippen LogP contribution is -2.25. The van der Waals surface area contributed by atoms with E-state index < -0.39 is 0 Å². The van der Waals surface area contributed by atoms with Crippen LogP contribution >= 0.6 is 0 Å². The van der Waals surface area contributed by atoms with Crippen LogP contribution in [-0.4, -0.2) is 23.1 Å². The van der Waals surface area contributed by atoms with Crippen LogP contribution in [0.2, 0.25) is 0 Å². The minimum Gasteiger partial charge on any atom is -0.346 e. The Hall–Kier alpha value is -1.86. The zero-order valence-electron chi connectivity index (χ0n) is 8.49. The van der Waals surface area contributed by atoms with Crippen molar-refractivity contribution in [2.45, 2.75) is 12.5 Å². The van der Waals surface area contributed by atoms with E-state index in [1.165, 1.54) is 0 Å². The molecule has 2 aromatic rings. The fraction of sp³-hybridized carbons (Fsp3) is 0.273. The maximum atomic E-state index is 8.86. The van der Waals surface area contributed by atoms with Crippen molar-refractivity contribution in [2.24, 2.45) is 0 Å². The summed E-state index contributed by atoms with van der Waals surface area (Å²) in [5.74, 6) is 0. The van der Waals surface area contributed by atoms with Crippen LogP contribution < -0.4 is 5.32 Å². The Morgan fingerprint density at radius 1 is 1.67 bits per heavy atom. The van der Waals surface area contributed by atoms with Crippen molar-refractivity contribution in [3.05, 3.63) is 30.1 Å². The number of pyridine rings is 1. The Kier molecular flexibility index (Phi) is 2.66. The standard InChI is InChI=1S/C11H12N4/c1-13-9(6-12)5-8-7-15-11-10(8)3-2-4-14-11/h2-4,7,9,13H,5H2,1H3,(H,14,15). The number of aromatic amines is 1. The molecule has 15 heavy (non-hydrogen) atoms. The predicted molar refractivity (Wildman–Crippen MR) is 58.3 cm³/mol. The summed E-state index contributed by atoms with van der Waals surface area (Å²) < 4.78 is 0. The van der Waals surface area contributed by atoms with Gasteiger partial charge in [0.25, 0.3) is 0 Å². The van der Waals surface area contributed by atoms with Crippen LogP contribution in [0.25, 0.3) is 11.0 Å². The number of hydrogen-bond acceptors (Lipinski definition) is 3. The normalized spacial score (nSPS) is 12.5. The summed E-state index contributed by atoms with van der Waals surface area (Å²) >= 11 is 0. The van der Waals surface area contributed by atoms with E-state index in [9.17, 15) is 0 Å². The molecular formula is C11H12N4. The summed E-state index contributed by atoms with van der Waals surface area (Å²) in [6, 6.07) is 5.98. The number of nitriles is 1. The van der Waals surface area contributed by atoms with Gasteiger partial charge in [-0.2, -0.15) is 5.26 Å². The van der Waals surface area contributed by atoms with Crippen molar-refractivity contribution in [3.63, 3.8) is 0 Å². The Labute approximate surface area is 87.9 Å². The van der Waals surface area contributed by atoms with E-state index in [2.05, 4.69) is 21.4 Å². The van der Waals surface area contributed by atoms with E-state index in [0.717, 1.165) is 16.6 Å². The van der Waals surface area contributed by atoms with E-state index >= 15 is 0 Å². The SMILES string of the molecule is CNC(C#N)Cc1c[nH]c2ncccc12. The summed E-state index contributed by atoms with van der Waals surface area (Å²) in [5.41, 5.74) is 2.00. The fourth-order valence-corrected chi connectivity index (χ4v) is 1.61. The van der Waals surface area contributed by atoms with Gasteiger partial charge in [-0.05, 0) is 24.7 Å². The van der Waals surface area contributed by atoms with E-state index in [1.54, 1.807) is 13.2 Å². The van der Waals surface area contributed by atoms with Gasteiger partial charge in [0.05, 0.1) is 12.1 Å². The third-order valence-corrected chi connectivity index (χ3v) is 2.47. The summed E-state index contributed by atoms with van der Waals surface area (Å²) in [5, 5.41) is 12.9. The van der Waals surface area contributed by atoms with Gasteiger partial charge in [-0.15, -0.1) is 0 Å². The number of hydrogen-bond donors (Lipinski definition) is 2. The van der Waals surface area contributed by atoms with Gasteiger partial charge in [0.1, 0.15) is 5.65 Å². The molecule has 2 rings (SSSR count). The molecule has 4 heteroatoms. The molecular weight excluding hydrogens is 188 g/mol. The number of H-pyrrole nitrogens is 1. The monoisotopic (exact) mass is 200 g/mol. The maximum absolute atomic E-state index is 8.86. The minimum absolute atomic E-state index is 0.149. The number of rotatable bonds is 3.